The van der Waals surface area contributed by atoms with Crippen molar-refractivity contribution < 1.29 is 9.47 Å². The molecule has 23 heavy (non-hydrogen) atoms. The number of likely N-dealkylation sites (tertiary alicyclic amines) is 1. The second-order valence-electron chi connectivity index (χ2n) is 6.06. The minimum Gasteiger partial charge on any atom is -0.362 e. The first-order valence-corrected chi connectivity index (χ1v) is 9.01. The van der Waals surface area contributed by atoms with E-state index in [0.29, 0.717) is 0 Å². The Hall–Kier alpha value is -0.880. The fraction of sp³-hybridized carbons (Fsp3) is 0.588. The third-order valence-electron chi connectivity index (χ3n) is 4.43. The Kier molecular flexibility index (Phi) is 5.75. The first kappa shape index (κ1) is 17.0. The number of hydrogen-bond acceptors (Lipinski definition) is 3. The summed E-state index contributed by atoms with van der Waals surface area (Å²) in [4.78, 5) is 2.21. The van der Waals surface area contributed by atoms with Crippen LogP contribution in [0.15, 0.2) is 24.3 Å². The molecule has 0 saturated carbocycles. The van der Waals surface area contributed by atoms with Crippen LogP contribution in [0.1, 0.15) is 24.8 Å². The molecule has 2 aliphatic rings. The number of rotatable bonds is 3. The van der Waals surface area contributed by atoms with Gasteiger partial charge in [0.05, 0.1) is 13.2 Å². The van der Waals surface area contributed by atoms with E-state index < -0.39 is 0 Å². The van der Waals surface area contributed by atoms with Gasteiger partial charge in [0.2, 0.25) is 0 Å². The summed E-state index contributed by atoms with van der Waals surface area (Å²) < 4.78 is 11.7. The highest BCUT2D eigenvalue weighted by atomic mass is 35.5. The number of ether oxygens (including phenoxy) is 2. The third-order valence-corrected chi connectivity index (χ3v) is 5.09. The zero-order chi connectivity index (χ0) is 16.1. The SMILES string of the molecule is S=C(NCCc1ccc(Cl)cc1)N1CCC2(CC1)OCCCO2. The van der Waals surface area contributed by atoms with Crippen LogP contribution >= 0.6 is 23.8 Å². The molecule has 0 aromatic heterocycles. The van der Waals surface area contributed by atoms with Crippen molar-refractivity contribution in [2.75, 3.05) is 32.8 Å². The second kappa shape index (κ2) is 7.79. The van der Waals surface area contributed by atoms with Gasteiger partial charge in [-0.1, -0.05) is 23.7 Å². The summed E-state index contributed by atoms with van der Waals surface area (Å²) in [5, 5.41) is 4.94. The number of nitrogens with one attached hydrogen (secondary N) is 1. The van der Waals surface area contributed by atoms with E-state index in [1.54, 1.807) is 0 Å². The van der Waals surface area contributed by atoms with Gasteiger partial charge in [0.25, 0.3) is 0 Å². The van der Waals surface area contributed by atoms with Crippen molar-refractivity contribution in [2.24, 2.45) is 0 Å². The van der Waals surface area contributed by atoms with E-state index in [0.717, 1.165) is 68.7 Å². The maximum absolute atomic E-state index is 5.90. The number of nitrogens with zero attached hydrogens (tertiary/aromatic N) is 1. The maximum atomic E-state index is 5.90. The summed E-state index contributed by atoms with van der Waals surface area (Å²) in [6, 6.07) is 7.94. The number of hydrogen-bond donors (Lipinski definition) is 1. The van der Waals surface area contributed by atoms with E-state index in [-0.39, 0.29) is 5.79 Å². The molecule has 2 heterocycles. The number of halogens is 1. The normalized spacial score (nSPS) is 20.5. The first-order chi connectivity index (χ1) is 11.2. The van der Waals surface area contributed by atoms with Crippen molar-refractivity contribution in [3.8, 4) is 0 Å². The van der Waals surface area contributed by atoms with Gasteiger partial charge < -0.3 is 19.7 Å². The molecule has 0 radical (unpaired) electrons. The molecule has 0 amide bonds. The van der Waals surface area contributed by atoms with Crippen LogP contribution in [0.25, 0.3) is 0 Å². The second-order valence-corrected chi connectivity index (χ2v) is 6.88. The summed E-state index contributed by atoms with van der Waals surface area (Å²) in [6.07, 6.45) is 3.69. The van der Waals surface area contributed by atoms with Gasteiger partial charge >= 0.3 is 0 Å². The molecule has 6 heteroatoms. The van der Waals surface area contributed by atoms with Crippen LogP contribution in [-0.2, 0) is 15.9 Å². The van der Waals surface area contributed by atoms with Crippen LogP contribution in [0.4, 0.5) is 0 Å². The van der Waals surface area contributed by atoms with Crippen molar-refractivity contribution in [1.29, 1.82) is 0 Å². The van der Waals surface area contributed by atoms with Crippen molar-refractivity contribution in [1.82, 2.24) is 10.2 Å². The van der Waals surface area contributed by atoms with E-state index in [1.807, 2.05) is 12.1 Å². The first-order valence-electron chi connectivity index (χ1n) is 8.22. The van der Waals surface area contributed by atoms with Gasteiger partial charge in [0.15, 0.2) is 10.9 Å². The Morgan fingerprint density at radius 3 is 2.48 bits per heavy atom. The van der Waals surface area contributed by atoms with Gasteiger partial charge in [0, 0.05) is 37.5 Å². The summed E-state index contributed by atoms with van der Waals surface area (Å²) in [5.41, 5.74) is 1.26. The monoisotopic (exact) mass is 354 g/mol. The molecule has 1 aromatic rings. The summed E-state index contributed by atoms with van der Waals surface area (Å²) in [7, 11) is 0. The molecule has 1 aromatic carbocycles. The fourth-order valence-corrected chi connectivity index (χ4v) is 3.44. The summed E-state index contributed by atoms with van der Waals surface area (Å²) in [5.74, 6) is -0.354. The van der Waals surface area contributed by atoms with Gasteiger partial charge in [-0.3, -0.25) is 0 Å². The minimum atomic E-state index is -0.354. The Balaban J connectivity index is 1.40. The molecular formula is C17H23ClN2O2S. The Bertz CT molecular complexity index is 522. The zero-order valence-corrected chi connectivity index (χ0v) is 14.8. The summed E-state index contributed by atoms with van der Waals surface area (Å²) in [6.45, 7) is 4.21. The van der Waals surface area contributed by atoms with Crippen molar-refractivity contribution in [3.63, 3.8) is 0 Å². The molecule has 1 spiro atoms. The molecule has 4 nitrogen and oxygen atoms in total. The summed E-state index contributed by atoms with van der Waals surface area (Å²) >= 11 is 11.4. The minimum absolute atomic E-state index is 0.354. The van der Waals surface area contributed by atoms with Gasteiger partial charge in [0.1, 0.15) is 0 Å². The van der Waals surface area contributed by atoms with E-state index in [4.69, 9.17) is 33.3 Å². The van der Waals surface area contributed by atoms with E-state index in [9.17, 15) is 0 Å². The molecule has 3 rings (SSSR count). The molecule has 126 valence electrons. The lowest BCUT2D eigenvalue weighted by Gasteiger charge is -2.44. The largest absolute Gasteiger partial charge is 0.362 e. The average molecular weight is 355 g/mol. The standard InChI is InChI=1S/C17H23ClN2O2S/c18-15-4-2-14(3-5-15)6-9-19-16(23)20-10-7-17(8-11-20)21-12-1-13-22-17/h2-5H,1,6-13H2,(H,19,23). The molecule has 2 saturated heterocycles. The van der Waals surface area contributed by atoms with Gasteiger partial charge in [-0.2, -0.15) is 0 Å². The average Bonchev–Trinajstić information content (AvgIpc) is 2.58. The molecule has 2 aliphatic heterocycles. The molecular weight excluding hydrogens is 332 g/mol. The predicted octanol–water partition coefficient (Wildman–Crippen LogP) is 2.99. The lowest BCUT2D eigenvalue weighted by atomic mass is 10.0. The van der Waals surface area contributed by atoms with Gasteiger partial charge in [-0.05, 0) is 42.8 Å². The Labute approximate surface area is 148 Å². The van der Waals surface area contributed by atoms with Crippen molar-refractivity contribution in [3.05, 3.63) is 34.9 Å². The van der Waals surface area contributed by atoms with Crippen LogP contribution in [0.5, 0.6) is 0 Å². The highest BCUT2D eigenvalue weighted by Gasteiger charge is 2.38. The highest BCUT2D eigenvalue weighted by molar-refractivity contribution is 7.80. The van der Waals surface area contributed by atoms with Crippen LogP contribution in [0.2, 0.25) is 5.02 Å². The fourth-order valence-electron chi connectivity index (χ4n) is 3.03. The topological polar surface area (TPSA) is 33.7 Å². The predicted molar refractivity (Wildman–Crippen MR) is 95.8 cm³/mol. The number of piperidine rings is 1. The smallest absolute Gasteiger partial charge is 0.171 e. The number of thiocarbonyl (C=S) groups is 1. The van der Waals surface area contributed by atoms with E-state index in [2.05, 4.69) is 22.3 Å². The zero-order valence-electron chi connectivity index (χ0n) is 13.2. The quantitative estimate of drug-likeness (QED) is 0.844. The molecule has 1 N–H and O–H groups in total. The molecule has 0 aliphatic carbocycles. The number of benzene rings is 1. The maximum Gasteiger partial charge on any atom is 0.171 e. The molecule has 2 fully saturated rings. The lowest BCUT2D eigenvalue weighted by Crippen LogP contribution is -2.53. The van der Waals surface area contributed by atoms with Crippen LogP contribution in [-0.4, -0.2) is 48.6 Å². The van der Waals surface area contributed by atoms with Crippen molar-refractivity contribution >= 4 is 28.9 Å². The van der Waals surface area contributed by atoms with Gasteiger partial charge in [-0.15, -0.1) is 0 Å². The molecule has 0 atom stereocenters. The molecule has 0 bridgehead atoms. The van der Waals surface area contributed by atoms with E-state index >= 15 is 0 Å². The molecule has 0 unspecified atom stereocenters. The van der Waals surface area contributed by atoms with Crippen LogP contribution in [0.3, 0.4) is 0 Å². The van der Waals surface area contributed by atoms with Gasteiger partial charge in [-0.25, -0.2) is 0 Å². The Morgan fingerprint density at radius 1 is 1.17 bits per heavy atom. The van der Waals surface area contributed by atoms with E-state index in [1.165, 1.54) is 5.56 Å². The van der Waals surface area contributed by atoms with Crippen LogP contribution < -0.4 is 5.32 Å². The third kappa shape index (κ3) is 4.57. The van der Waals surface area contributed by atoms with Crippen LogP contribution in [0, 0.1) is 0 Å². The van der Waals surface area contributed by atoms with Crippen molar-refractivity contribution in [2.45, 2.75) is 31.5 Å². The highest BCUT2D eigenvalue weighted by Crippen LogP contribution is 2.30. The Morgan fingerprint density at radius 2 is 1.83 bits per heavy atom. The lowest BCUT2D eigenvalue weighted by molar-refractivity contribution is -0.281.